The third-order valence-electron chi connectivity index (χ3n) is 2.92. The molecule has 1 atom stereocenters. The van der Waals surface area contributed by atoms with E-state index in [1.54, 1.807) is 11.3 Å². The summed E-state index contributed by atoms with van der Waals surface area (Å²) in [6, 6.07) is 4.01. The Bertz CT molecular complexity index is 322. The summed E-state index contributed by atoms with van der Waals surface area (Å²) < 4.78 is 0. The molecule has 1 aromatic heterocycles. The highest BCUT2D eigenvalue weighted by molar-refractivity contribution is 7.10. The Labute approximate surface area is 89.1 Å². The summed E-state index contributed by atoms with van der Waals surface area (Å²) in [4.78, 5) is 1.06. The predicted octanol–water partition coefficient (Wildman–Crippen LogP) is 3.46. The van der Waals surface area contributed by atoms with E-state index in [0.29, 0.717) is 0 Å². The number of aliphatic hydroxyl groups is 1. The second-order valence-electron chi connectivity index (χ2n) is 4.02. The molecule has 0 saturated heterocycles. The van der Waals surface area contributed by atoms with Crippen molar-refractivity contribution in [3.63, 3.8) is 0 Å². The van der Waals surface area contributed by atoms with E-state index in [9.17, 15) is 5.11 Å². The molecule has 0 radical (unpaired) electrons. The van der Waals surface area contributed by atoms with Gasteiger partial charge in [0.25, 0.3) is 0 Å². The van der Waals surface area contributed by atoms with E-state index >= 15 is 0 Å². The number of rotatable bonds is 2. The minimum absolute atomic E-state index is 0.728. The predicted molar refractivity (Wildman–Crippen MR) is 60.4 cm³/mol. The van der Waals surface area contributed by atoms with Gasteiger partial charge in [0.2, 0.25) is 0 Å². The van der Waals surface area contributed by atoms with Gasteiger partial charge in [0.05, 0.1) is 0 Å². The van der Waals surface area contributed by atoms with Crippen molar-refractivity contribution in [2.45, 2.75) is 38.2 Å². The number of hydrogen-bond acceptors (Lipinski definition) is 2. The van der Waals surface area contributed by atoms with Crippen LogP contribution >= 0.6 is 11.3 Å². The molecule has 0 fully saturated rings. The van der Waals surface area contributed by atoms with Crippen molar-refractivity contribution in [1.82, 2.24) is 0 Å². The lowest BCUT2D eigenvalue weighted by Crippen LogP contribution is -2.23. The Morgan fingerprint density at radius 2 is 2.29 bits per heavy atom. The highest BCUT2D eigenvalue weighted by Gasteiger charge is 2.29. The van der Waals surface area contributed by atoms with Crippen LogP contribution in [-0.4, -0.2) is 5.11 Å². The van der Waals surface area contributed by atoms with Crippen molar-refractivity contribution in [1.29, 1.82) is 0 Å². The van der Waals surface area contributed by atoms with Gasteiger partial charge in [-0.1, -0.05) is 12.1 Å². The van der Waals surface area contributed by atoms with Crippen LogP contribution in [-0.2, 0) is 5.60 Å². The van der Waals surface area contributed by atoms with Gasteiger partial charge < -0.3 is 5.11 Å². The van der Waals surface area contributed by atoms with Crippen molar-refractivity contribution >= 4 is 11.3 Å². The lowest BCUT2D eigenvalue weighted by Gasteiger charge is -2.28. The van der Waals surface area contributed by atoms with Crippen LogP contribution in [0.3, 0.4) is 0 Å². The molecule has 2 heteroatoms. The summed E-state index contributed by atoms with van der Waals surface area (Å²) >= 11 is 1.63. The third kappa shape index (κ3) is 1.77. The first-order valence-corrected chi connectivity index (χ1v) is 6.05. The molecule has 0 aromatic carbocycles. The van der Waals surface area contributed by atoms with Crippen molar-refractivity contribution in [2.24, 2.45) is 0 Å². The summed E-state index contributed by atoms with van der Waals surface area (Å²) in [5.41, 5.74) is 0.473. The quantitative estimate of drug-likeness (QED) is 0.738. The first-order chi connectivity index (χ1) is 6.71. The van der Waals surface area contributed by atoms with Crippen LogP contribution in [0, 0.1) is 0 Å². The molecule has 2 rings (SSSR count). The smallest absolute Gasteiger partial charge is 0.117 e. The standard InChI is InChI=1S/C12H16OS/c1-12(13,11-8-5-9-14-11)10-6-3-2-4-7-10/h5-6,8-9,13H,2-4,7H2,1H3/t12-/m1/s1. The maximum atomic E-state index is 10.4. The van der Waals surface area contributed by atoms with E-state index in [0.717, 1.165) is 17.7 Å². The largest absolute Gasteiger partial charge is 0.380 e. The molecule has 76 valence electrons. The Balaban J connectivity index is 2.27. The monoisotopic (exact) mass is 208 g/mol. The molecule has 0 spiro atoms. The first-order valence-electron chi connectivity index (χ1n) is 5.17. The van der Waals surface area contributed by atoms with Crippen molar-refractivity contribution < 1.29 is 5.11 Å². The number of hydrogen-bond donors (Lipinski definition) is 1. The maximum Gasteiger partial charge on any atom is 0.117 e. The summed E-state index contributed by atoms with van der Waals surface area (Å²) in [6.45, 7) is 1.91. The molecule has 0 unspecified atom stereocenters. The molecular formula is C12H16OS. The Morgan fingerprint density at radius 1 is 1.43 bits per heavy atom. The molecule has 1 heterocycles. The maximum absolute atomic E-state index is 10.4. The highest BCUT2D eigenvalue weighted by Crippen LogP contribution is 2.37. The van der Waals surface area contributed by atoms with Crippen LogP contribution in [0.2, 0.25) is 0 Å². The molecule has 1 aromatic rings. The SMILES string of the molecule is C[C@@](O)(C1=CCCCC1)c1cccs1. The molecular weight excluding hydrogens is 192 g/mol. The zero-order valence-corrected chi connectivity index (χ0v) is 9.31. The van der Waals surface area contributed by atoms with Gasteiger partial charge in [0.1, 0.15) is 5.60 Å². The van der Waals surface area contributed by atoms with Crippen LogP contribution in [0.25, 0.3) is 0 Å². The number of thiophene rings is 1. The average molecular weight is 208 g/mol. The molecule has 1 aliphatic rings. The minimum Gasteiger partial charge on any atom is -0.380 e. The molecule has 1 aliphatic carbocycles. The fraction of sp³-hybridized carbons (Fsp3) is 0.500. The second-order valence-corrected chi connectivity index (χ2v) is 4.97. The summed E-state index contributed by atoms with van der Waals surface area (Å²) in [5.74, 6) is 0. The normalized spacial score (nSPS) is 21.4. The molecule has 0 amide bonds. The van der Waals surface area contributed by atoms with E-state index in [2.05, 4.69) is 6.08 Å². The van der Waals surface area contributed by atoms with E-state index in [1.807, 2.05) is 24.4 Å². The van der Waals surface area contributed by atoms with Gasteiger partial charge in [0.15, 0.2) is 0 Å². The van der Waals surface area contributed by atoms with Crippen LogP contribution in [0.5, 0.6) is 0 Å². The zero-order chi connectivity index (χ0) is 10.0. The van der Waals surface area contributed by atoms with Crippen molar-refractivity contribution in [2.75, 3.05) is 0 Å². The fourth-order valence-corrected chi connectivity index (χ4v) is 2.82. The summed E-state index contributed by atoms with van der Waals surface area (Å²) in [7, 11) is 0. The van der Waals surface area contributed by atoms with E-state index in [1.165, 1.54) is 18.4 Å². The van der Waals surface area contributed by atoms with Gasteiger partial charge in [0, 0.05) is 4.88 Å². The van der Waals surface area contributed by atoms with Crippen LogP contribution in [0.15, 0.2) is 29.2 Å². The lowest BCUT2D eigenvalue weighted by atomic mass is 9.86. The summed E-state index contributed by atoms with van der Waals surface area (Å²) in [5, 5.41) is 12.5. The zero-order valence-electron chi connectivity index (χ0n) is 8.49. The van der Waals surface area contributed by atoms with E-state index in [-0.39, 0.29) is 0 Å². The Morgan fingerprint density at radius 3 is 2.86 bits per heavy atom. The van der Waals surface area contributed by atoms with Crippen LogP contribution < -0.4 is 0 Å². The van der Waals surface area contributed by atoms with Gasteiger partial charge >= 0.3 is 0 Å². The minimum atomic E-state index is -0.728. The average Bonchev–Trinajstić information content (AvgIpc) is 2.72. The molecule has 0 saturated carbocycles. The summed E-state index contributed by atoms with van der Waals surface area (Å²) in [6.07, 6.45) is 6.86. The molecule has 0 aliphatic heterocycles. The molecule has 14 heavy (non-hydrogen) atoms. The van der Waals surface area contributed by atoms with Crippen molar-refractivity contribution in [3.8, 4) is 0 Å². The van der Waals surface area contributed by atoms with Crippen molar-refractivity contribution in [3.05, 3.63) is 34.0 Å². The van der Waals surface area contributed by atoms with Gasteiger partial charge in [-0.15, -0.1) is 11.3 Å². The van der Waals surface area contributed by atoms with Gasteiger partial charge in [-0.3, -0.25) is 0 Å². The fourth-order valence-electron chi connectivity index (χ4n) is 1.99. The van der Waals surface area contributed by atoms with Crippen LogP contribution in [0.1, 0.15) is 37.5 Å². The Hall–Kier alpha value is -0.600. The van der Waals surface area contributed by atoms with Gasteiger partial charge in [-0.25, -0.2) is 0 Å². The van der Waals surface area contributed by atoms with Crippen LogP contribution in [0.4, 0.5) is 0 Å². The molecule has 1 N–H and O–H groups in total. The molecule has 1 nitrogen and oxygen atoms in total. The second kappa shape index (κ2) is 3.87. The lowest BCUT2D eigenvalue weighted by molar-refractivity contribution is 0.0954. The number of allylic oxidation sites excluding steroid dienone is 1. The highest BCUT2D eigenvalue weighted by atomic mass is 32.1. The van der Waals surface area contributed by atoms with E-state index in [4.69, 9.17) is 0 Å². The van der Waals surface area contributed by atoms with E-state index < -0.39 is 5.60 Å². The Kier molecular flexibility index (Phi) is 2.75. The molecule has 0 bridgehead atoms. The van der Waals surface area contributed by atoms with Gasteiger partial charge in [-0.2, -0.15) is 0 Å². The topological polar surface area (TPSA) is 20.2 Å². The first kappa shape index (κ1) is 9.94. The third-order valence-corrected chi connectivity index (χ3v) is 4.00. The van der Waals surface area contributed by atoms with Gasteiger partial charge in [-0.05, 0) is 49.6 Å².